The molecule has 0 unspecified atom stereocenters. The van der Waals surface area contributed by atoms with Crippen molar-refractivity contribution in [2.24, 2.45) is 14.1 Å². The van der Waals surface area contributed by atoms with Gasteiger partial charge < -0.3 is 18.9 Å². The summed E-state index contributed by atoms with van der Waals surface area (Å²) in [6, 6.07) is 9.83. The maximum atomic E-state index is 13.2. The number of fused-ring (bicyclic) bond motifs is 1. The van der Waals surface area contributed by atoms with E-state index in [0.717, 1.165) is 57.6 Å². The van der Waals surface area contributed by atoms with E-state index in [1.54, 1.807) is 33.1 Å². The molecule has 1 aliphatic carbocycles. The van der Waals surface area contributed by atoms with Crippen LogP contribution in [0.5, 0.6) is 11.5 Å². The van der Waals surface area contributed by atoms with Crippen LogP contribution in [0.1, 0.15) is 35.7 Å². The van der Waals surface area contributed by atoms with Gasteiger partial charge in [-0.1, -0.05) is 18.2 Å². The molecule has 1 N–H and O–H groups in total. The third-order valence-electron chi connectivity index (χ3n) is 7.16. The fourth-order valence-corrected chi connectivity index (χ4v) is 5.09. The highest BCUT2D eigenvalue weighted by molar-refractivity contribution is 5.98. The zero-order chi connectivity index (χ0) is 26.0. The maximum absolute atomic E-state index is 13.2. The molecule has 1 fully saturated rings. The van der Waals surface area contributed by atoms with Gasteiger partial charge in [0.15, 0.2) is 5.75 Å². The van der Waals surface area contributed by atoms with Crippen LogP contribution in [0.25, 0.3) is 33.3 Å². The van der Waals surface area contributed by atoms with E-state index in [4.69, 9.17) is 4.74 Å². The normalized spacial score (nSPS) is 13.4. The molecule has 1 aromatic carbocycles. The lowest BCUT2D eigenvalue weighted by molar-refractivity contribution is 0.467. The average Bonchev–Trinajstić information content (AvgIpc) is 3.50. The lowest BCUT2D eigenvalue weighted by Gasteiger charge is -2.17. The molecule has 1 saturated carbocycles. The van der Waals surface area contributed by atoms with E-state index in [2.05, 4.69) is 10.1 Å². The summed E-state index contributed by atoms with van der Waals surface area (Å²) in [5.74, 6) is 1.36. The summed E-state index contributed by atoms with van der Waals surface area (Å²) in [5, 5.41) is 5.18. The largest absolute Gasteiger partial charge is 0.455 e. The van der Waals surface area contributed by atoms with Crippen molar-refractivity contribution in [1.82, 2.24) is 23.9 Å². The number of aryl methyl sites for hydroxylation is 5. The summed E-state index contributed by atoms with van der Waals surface area (Å²) < 4.78 is 11.6. The fraction of sp³-hybridized carbons (Fsp3) is 0.276. The van der Waals surface area contributed by atoms with Gasteiger partial charge in [0.2, 0.25) is 0 Å². The molecule has 0 spiro atoms. The first-order chi connectivity index (χ1) is 17.7. The van der Waals surface area contributed by atoms with Crippen molar-refractivity contribution in [3.63, 3.8) is 0 Å². The van der Waals surface area contributed by atoms with E-state index < -0.39 is 0 Å². The Bertz CT molecular complexity index is 1790. The van der Waals surface area contributed by atoms with Gasteiger partial charge in [-0.25, -0.2) is 0 Å². The minimum absolute atomic E-state index is 0.0766. The van der Waals surface area contributed by atoms with Crippen molar-refractivity contribution in [2.45, 2.75) is 39.7 Å². The molecule has 0 aliphatic heterocycles. The topological polar surface area (TPSA) is 86.8 Å². The second-order valence-electron chi connectivity index (χ2n) is 10.1. The van der Waals surface area contributed by atoms with Gasteiger partial charge in [-0.15, -0.1) is 0 Å². The Kier molecular flexibility index (Phi) is 5.22. The van der Waals surface area contributed by atoms with Crippen molar-refractivity contribution in [3.8, 4) is 33.9 Å². The molecule has 6 rings (SSSR count). The van der Waals surface area contributed by atoms with Gasteiger partial charge in [-0.2, -0.15) is 5.10 Å². The van der Waals surface area contributed by atoms with Crippen molar-refractivity contribution in [2.75, 3.05) is 0 Å². The number of nitrogens with one attached hydrogen (secondary N) is 1. The Morgan fingerprint density at radius 1 is 0.946 bits per heavy atom. The monoisotopic (exact) mass is 495 g/mol. The number of benzene rings is 1. The highest BCUT2D eigenvalue weighted by atomic mass is 16.5. The zero-order valence-corrected chi connectivity index (χ0v) is 21.6. The van der Waals surface area contributed by atoms with Gasteiger partial charge in [0.25, 0.3) is 11.1 Å². The van der Waals surface area contributed by atoms with Gasteiger partial charge >= 0.3 is 0 Å². The average molecular weight is 496 g/mol. The summed E-state index contributed by atoms with van der Waals surface area (Å²) in [4.78, 5) is 29.7. The van der Waals surface area contributed by atoms with Crippen molar-refractivity contribution in [1.29, 1.82) is 0 Å². The number of aromatic nitrogens is 5. The van der Waals surface area contributed by atoms with Gasteiger partial charge in [0.05, 0.1) is 17.6 Å². The van der Waals surface area contributed by atoms with Gasteiger partial charge in [0.1, 0.15) is 11.3 Å². The molecule has 4 aromatic heterocycles. The second-order valence-corrected chi connectivity index (χ2v) is 10.1. The van der Waals surface area contributed by atoms with Crippen LogP contribution in [0, 0.1) is 20.8 Å². The van der Waals surface area contributed by atoms with Crippen LogP contribution in [0.2, 0.25) is 0 Å². The van der Waals surface area contributed by atoms with Crippen LogP contribution in [-0.2, 0) is 14.1 Å². The van der Waals surface area contributed by atoms with Crippen LogP contribution >= 0.6 is 0 Å². The van der Waals surface area contributed by atoms with Gasteiger partial charge in [-0.3, -0.25) is 14.3 Å². The molecule has 5 aromatic rings. The number of rotatable bonds is 5. The zero-order valence-electron chi connectivity index (χ0n) is 21.6. The SMILES string of the molecule is Cc1cccc(C)c1Oc1cn(C2CC2)c(=O)cc1-c1cn(C)c(=O)c2[nH]c(-c3cn(C)nc3C)cc12. The molecule has 188 valence electrons. The first-order valence-corrected chi connectivity index (χ1v) is 12.4. The third-order valence-corrected chi connectivity index (χ3v) is 7.16. The summed E-state index contributed by atoms with van der Waals surface area (Å²) in [7, 11) is 3.59. The van der Waals surface area contributed by atoms with E-state index in [0.29, 0.717) is 16.8 Å². The number of para-hydroxylation sites is 1. The minimum Gasteiger partial charge on any atom is -0.455 e. The lowest BCUT2D eigenvalue weighted by Crippen LogP contribution is -2.19. The van der Waals surface area contributed by atoms with E-state index in [1.807, 2.05) is 64.5 Å². The maximum Gasteiger partial charge on any atom is 0.274 e. The number of ether oxygens (including phenoxy) is 1. The molecule has 4 heterocycles. The first-order valence-electron chi connectivity index (χ1n) is 12.4. The highest BCUT2D eigenvalue weighted by Crippen LogP contribution is 2.41. The summed E-state index contributed by atoms with van der Waals surface area (Å²) in [6.45, 7) is 5.96. The molecule has 8 heteroatoms. The number of nitrogens with zero attached hydrogens (tertiary/aromatic N) is 4. The van der Waals surface area contributed by atoms with E-state index in [9.17, 15) is 9.59 Å². The molecule has 0 bridgehead atoms. The molecular formula is C29H29N5O3. The third kappa shape index (κ3) is 3.89. The van der Waals surface area contributed by atoms with Crippen LogP contribution in [0.3, 0.4) is 0 Å². The van der Waals surface area contributed by atoms with E-state index in [-0.39, 0.29) is 17.2 Å². The highest BCUT2D eigenvalue weighted by Gasteiger charge is 2.27. The second kappa shape index (κ2) is 8.37. The summed E-state index contributed by atoms with van der Waals surface area (Å²) in [5.41, 5.74) is 6.26. The van der Waals surface area contributed by atoms with Crippen molar-refractivity contribution in [3.05, 3.63) is 86.5 Å². The van der Waals surface area contributed by atoms with Crippen molar-refractivity contribution < 1.29 is 4.74 Å². The molecule has 0 radical (unpaired) electrons. The predicted octanol–water partition coefficient (Wildman–Crippen LogP) is 5.15. The number of hydrogen-bond donors (Lipinski definition) is 1. The number of hydrogen-bond acceptors (Lipinski definition) is 4. The van der Waals surface area contributed by atoms with Crippen LogP contribution < -0.4 is 15.9 Å². The van der Waals surface area contributed by atoms with Gasteiger partial charge in [0, 0.05) is 60.7 Å². The Hall–Kier alpha value is -4.33. The standard InChI is InChI=1S/C29H29N5O3/c1-16-7-6-8-17(2)28(16)37-25-15-34(19-9-10-19)26(35)12-20(25)23-13-32(4)29(36)27-21(23)11-24(30-27)22-14-33(5)31-18(22)3/h6-8,11-15,19,30H,9-10H2,1-5H3. The summed E-state index contributed by atoms with van der Waals surface area (Å²) in [6.07, 6.45) is 7.51. The predicted molar refractivity (Wildman–Crippen MR) is 144 cm³/mol. The first kappa shape index (κ1) is 23.1. The Morgan fingerprint density at radius 3 is 2.32 bits per heavy atom. The van der Waals surface area contributed by atoms with Crippen LogP contribution in [0.15, 0.2) is 58.5 Å². The lowest BCUT2D eigenvalue weighted by atomic mass is 10.0. The summed E-state index contributed by atoms with van der Waals surface area (Å²) >= 11 is 0. The quantitative estimate of drug-likeness (QED) is 0.365. The molecular weight excluding hydrogens is 466 g/mol. The molecule has 8 nitrogen and oxygen atoms in total. The molecule has 0 atom stereocenters. The van der Waals surface area contributed by atoms with Gasteiger partial charge in [-0.05, 0) is 50.8 Å². The number of pyridine rings is 2. The Labute approximate surface area is 213 Å². The van der Waals surface area contributed by atoms with Crippen molar-refractivity contribution >= 4 is 10.9 Å². The molecule has 1 aliphatic rings. The minimum atomic E-state index is -0.143. The Balaban J connectivity index is 1.61. The fourth-order valence-electron chi connectivity index (χ4n) is 5.09. The number of aromatic amines is 1. The molecule has 0 saturated heterocycles. The smallest absolute Gasteiger partial charge is 0.274 e. The van der Waals surface area contributed by atoms with E-state index >= 15 is 0 Å². The number of H-pyrrole nitrogens is 1. The molecule has 0 amide bonds. The van der Waals surface area contributed by atoms with Crippen LogP contribution in [-0.4, -0.2) is 23.9 Å². The molecule has 37 heavy (non-hydrogen) atoms. The van der Waals surface area contributed by atoms with Crippen LogP contribution in [0.4, 0.5) is 0 Å². The Morgan fingerprint density at radius 2 is 1.68 bits per heavy atom. The van der Waals surface area contributed by atoms with E-state index in [1.165, 1.54) is 0 Å².